The third-order valence-corrected chi connectivity index (χ3v) is 3.30. The van der Waals surface area contributed by atoms with Gasteiger partial charge in [0, 0.05) is 11.1 Å². The Morgan fingerprint density at radius 3 is 2.26 bits per heavy atom. The maximum Gasteiger partial charge on any atom is 0.338 e. The van der Waals surface area contributed by atoms with Crippen molar-refractivity contribution in [3.63, 3.8) is 0 Å². The molecule has 0 aliphatic carbocycles. The Bertz CT molecular complexity index is 707. The third-order valence-electron chi connectivity index (χ3n) is 3.30. The van der Waals surface area contributed by atoms with Crippen molar-refractivity contribution in [3.8, 4) is 16.9 Å². The molecule has 23 heavy (non-hydrogen) atoms. The highest BCUT2D eigenvalue weighted by molar-refractivity contribution is 5.90. The van der Waals surface area contributed by atoms with Crippen molar-refractivity contribution < 1.29 is 14.3 Å². The molecule has 0 amide bonds. The molecular weight excluding hydrogens is 288 g/mol. The van der Waals surface area contributed by atoms with Gasteiger partial charge in [-0.15, -0.1) is 0 Å². The van der Waals surface area contributed by atoms with Gasteiger partial charge in [0.1, 0.15) is 11.4 Å². The summed E-state index contributed by atoms with van der Waals surface area (Å²) in [7, 11) is 1.64. The summed E-state index contributed by atoms with van der Waals surface area (Å²) in [4.78, 5) is 12.1. The SMILES string of the molecule is C=Cc1cccc(-c2ccc(C(=O)OC(C)(C)C)cc2)c1OC. The van der Waals surface area contributed by atoms with Gasteiger partial charge >= 0.3 is 5.97 Å². The van der Waals surface area contributed by atoms with E-state index < -0.39 is 5.60 Å². The normalized spacial score (nSPS) is 11.0. The van der Waals surface area contributed by atoms with E-state index >= 15 is 0 Å². The van der Waals surface area contributed by atoms with Crippen LogP contribution in [0.1, 0.15) is 36.7 Å². The van der Waals surface area contributed by atoms with E-state index in [1.807, 2.05) is 51.1 Å². The summed E-state index contributed by atoms with van der Waals surface area (Å²) in [6.45, 7) is 9.36. The Hall–Kier alpha value is -2.55. The van der Waals surface area contributed by atoms with Crippen molar-refractivity contribution in [2.45, 2.75) is 26.4 Å². The number of ether oxygens (including phenoxy) is 2. The number of methoxy groups -OCH3 is 1. The van der Waals surface area contributed by atoms with E-state index in [-0.39, 0.29) is 5.97 Å². The molecule has 0 saturated carbocycles. The van der Waals surface area contributed by atoms with Crippen molar-refractivity contribution in [1.82, 2.24) is 0 Å². The zero-order valence-corrected chi connectivity index (χ0v) is 14.1. The van der Waals surface area contributed by atoms with E-state index in [0.29, 0.717) is 5.56 Å². The lowest BCUT2D eigenvalue weighted by Gasteiger charge is -2.19. The van der Waals surface area contributed by atoms with E-state index in [2.05, 4.69) is 6.58 Å². The summed E-state index contributed by atoms with van der Waals surface area (Å²) in [5, 5.41) is 0. The van der Waals surface area contributed by atoms with Crippen molar-refractivity contribution >= 4 is 12.0 Å². The van der Waals surface area contributed by atoms with E-state index in [9.17, 15) is 4.79 Å². The first-order valence-electron chi connectivity index (χ1n) is 7.49. The van der Waals surface area contributed by atoms with Crippen molar-refractivity contribution in [2.75, 3.05) is 7.11 Å². The van der Waals surface area contributed by atoms with Crippen LogP contribution >= 0.6 is 0 Å². The molecule has 0 aliphatic rings. The van der Waals surface area contributed by atoms with Gasteiger partial charge < -0.3 is 9.47 Å². The smallest absolute Gasteiger partial charge is 0.338 e. The minimum Gasteiger partial charge on any atom is -0.495 e. The summed E-state index contributed by atoms with van der Waals surface area (Å²) in [6, 6.07) is 13.2. The molecule has 0 N–H and O–H groups in total. The molecule has 2 aromatic rings. The lowest BCUT2D eigenvalue weighted by atomic mass is 10.00. The summed E-state index contributed by atoms with van der Waals surface area (Å²) in [5.41, 5.74) is 2.89. The largest absolute Gasteiger partial charge is 0.495 e. The van der Waals surface area contributed by atoms with E-state index in [4.69, 9.17) is 9.47 Å². The summed E-state index contributed by atoms with van der Waals surface area (Å²) in [5.74, 6) is 0.448. The van der Waals surface area contributed by atoms with Crippen LogP contribution in [0.3, 0.4) is 0 Å². The number of hydrogen-bond acceptors (Lipinski definition) is 3. The third kappa shape index (κ3) is 4.01. The summed E-state index contributed by atoms with van der Waals surface area (Å²) in [6.07, 6.45) is 1.76. The standard InChI is InChI=1S/C20H22O3/c1-6-14-8-7-9-17(18(14)22-5)15-10-12-16(13-11-15)19(21)23-20(2,3)4/h6-13H,1H2,2-5H3. The average molecular weight is 310 g/mol. The highest BCUT2D eigenvalue weighted by Crippen LogP contribution is 2.33. The molecule has 0 spiro atoms. The topological polar surface area (TPSA) is 35.5 Å². The fraction of sp³-hybridized carbons (Fsp3) is 0.250. The van der Waals surface area contributed by atoms with Crippen LogP contribution in [-0.2, 0) is 4.74 Å². The van der Waals surface area contributed by atoms with Gasteiger partial charge in [-0.05, 0) is 38.5 Å². The van der Waals surface area contributed by atoms with Crippen LogP contribution in [-0.4, -0.2) is 18.7 Å². The van der Waals surface area contributed by atoms with Crippen LogP contribution in [0.25, 0.3) is 17.2 Å². The molecule has 0 atom stereocenters. The van der Waals surface area contributed by atoms with Crippen LogP contribution in [0.2, 0.25) is 0 Å². The molecule has 2 aromatic carbocycles. The Balaban J connectivity index is 2.34. The molecule has 0 aliphatic heterocycles. The van der Waals surface area contributed by atoms with Gasteiger partial charge in [-0.3, -0.25) is 0 Å². The molecule has 0 radical (unpaired) electrons. The maximum atomic E-state index is 12.1. The number of carbonyl (C=O) groups is 1. The van der Waals surface area contributed by atoms with E-state index in [0.717, 1.165) is 22.4 Å². The van der Waals surface area contributed by atoms with Gasteiger partial charge in [-0.1, -0.05) is 43.0 Å². The fourth-order valence-electron chi connectivity index (χ4n) is 2.29. The zero-order chi connectivity index (χ0) is 17.0. The number of rotatable bonds is 4. The zero-order valence-electron chi connectivity index (χ0n) is 14.1. The second kappa shape index (κ2) is 6.69. The van der Waals surface area contributed by atoms with Gasteiger partial charge in [0.05, 0.1) is 12.7 Å². The molecule has 0 bridgehead atoms. The van der Waals surface area contributed by atoms with Crippen LogP contribution in [0.5, 0.6) is 5.75 Å². The van der Waals surface area contributed by atoms with E-state index in [1.165, 1.54) is 0 Å². The minimum absolute atomic E-state index is 0.323. The van der Waals surface area contributed by atoms with Gasteiger partial charge in [-0.2, -0.15) is 0 Å². The molecule has 3 heteroatoms. The second-order valence-electron chi connectivity index (χ2n) is 6.21. The Morgan fingerprint density at radius 1 is 1.09 bits per heavy atom. The summed E-state index contributed by atoms with van der Waals surface area (Å²) >= 11 is 0. The van der Waals surface area contributed by atoms with Gasteiger partial charge in [0.25, 0.3) is 0 Å². The molecular formula is C20H22O3. The lowest BCUT2D eigenvalue weighted by Crippen LogP contribution is -2.23. The van der Waals surface area contributed by atoms with Gasteiger partial charge in [-0.25, -0.2) is 4.79 Å². The van der Waals surface area contributed by atoms with Gasteiger partial charge in [0.15, 0.2) is 0 Å². The second-order valence-corrected chi connectivity index (χ2v) is 6.21. The number of benzene rings is 2. The Kier molecular flexibility index (Phi) is 4.89. The Labute approximate surface area is 137 Å². The first-order chi connectivity index (χ1) is 10.9. The van der Waals surface area contributed by atoms with Crippen LogP contribution < -0.4 is 4.74 Å². The van der Waals surface area contributed by atoms with Gasteiger partial charge in [0.2, 0.25) is 0 Å². The maximum absolute atomic E-state index is 12.1. The first kappa shape index (κ1) is 16.8. The predicted molar refractivity (Wildman–Crippen MR) is 93.7 cm³/mol. The van der Waals surface area contributed by atoms with Crippen molar-refractivity contribution in [2.24, 2.45) is 0 Å². The highest BCUT2D eigenvalue weighted by Gasteiger charge is 2.18. The van der Waals surface area contributed by atoms with E-state index in [1.54, 1.807) is 25.3 Å². The monoisotopic (exact) mass is 310 g/mol. The number of carbonyl (C=O) groups excluding carboxylic acids is 1. The number of hydrogen-bond donors (Lipinski definition) is 0. The quantitative estimate of drug-likeness (QED) is 0.749. The van der Waals surface area contributed by atoms with Crippen LogP contribution in [0.15, 0.2) is 49.0 Å². The number of para-hydroxylation sites is 1. The van der Waals surface area contributed by atoms with Crippen LogP contribution in [0.4, 0.5) is 0 Å². The minimum atomic E-state index is -0.503. The van der Waals surface area contributed by atoms with Crippen molar-refractivity contribution in [1.29, 1.82) is 0 Å². The van der Waals surface area contributed by atoms with Crippen LogP contribution in [0, 0.1) is 0 Å². The average Bonchev–Trinajstić information content (AvgIpc) is 2.52. The fourth-order valence-corrected chi connectivity index (χ4v) is 2.29. The highest BCUT2D eigenvalue weighted by atomic mass is 16.6. The Morgan fingerprint density at radius 2 is 1.74 bits per heavy atom. The molecule has 0 heterocycles. The first-order valence-corrected chi connectivity index (χ1v) is 7.49. The molecule has 0 fully saturated rings. The predicted octanol–water partition coefficient (Wildman–Crippen LogP) is 4.96. The molecule has 0 aromatic heterocycles. The summed E-state index contributed by atoms with van der Waals surface area (Å²) < 4.78 is 10.9. The molecule has 0 saturated heterocycles. The molecule has 2 rings (SSSR count). The number of esters is 1. The molecule has 120 valence electrons. The lowest BCUT2D eigenvalue weighted by molar-refractivity contribution is 0.00696. The molecule has 0 unspecified atom stereocenters. The van der Waals surface area contributed by atoms with Crippen molar-refractivity contribution in [3.05, 3.63) is 60.2 Å². The molecule has 3 nitrogen and oxygen atoms in total.